The maximum absolute atomic E-state index is 3.49. The van der Waals surface area contributed by atoms with Crippen LogP contribution in [-0.2, 0) is 0 Å². The normalized spacial score (nSPS) is 16.7. The highest BCUT2D eigenvalue weighted by Crippen LogP contribution is 2.28. The number of aryl methyl sites for hydroxylation is 1. The summed E-state index contributed by atoms with van der Waals surface area (Å²) in [5, 5.41) is 3.49. The fraction of sp³-hybridized carbons (Fsp3) is 0.684. The van der Waals surface area contributed by atoms with Gasteiger partial charge in [-0.3, -0.25) is 0 Å². The summed E-state index contributed by atoms with van der Waals surface area (Å²) in [6.07, 6.45) is 5.35. The molecule has 1 aromatic carbocycles. The molecule has 0 aliphatic heterocycles. The fourth-order valence-electron chi connectivity index (χ4n) is 2.91. The monoisotopic (exact) mass is 288 g/mol. The van der Waals surface area contributed by atoms with Crippen molar-refractivity contribution >= 4 is 0 Å². The molecule has 1 atom stereocenters. The van der Waals surface area contributed by atoms with Gasteiger partial charge in [-0.2, -0.15) is 0 Å². The number of rotatable bonds is 9. The Hall–Kier alpha value is -0.860. The number of hydrogen-bond donors (Lipinski definition) is 1. The molecule has 0 amide bonds. The van der Waals surface area contributed by atoms with E-state index < -0.39 is 0 Å². The summed E-state index contributed by atoms with van der Waals surface area (Å²) in [5.41, 5.74) is 2.76. The standard InChI is InChI=1S/C19H32N2/c1-15(2)11-13-21(18-9-10-18)14-12-19(20-4)17-7-5-16(3)6-8-17/h5-8,15,18-20H,9-14H2,1-4H3. The van der Waals surface area contributed by atoms with Crippen LogP contribution in [0.25, 0.3) is 0 Å². The van der Waals surface area contributed by atoms with E-state index in [1.165, 1.54) is 49.9 Å². The lowest BCUT2D eigenvalue weighted by molar-refractivity contribution is 0.235. The lowest BCUT2D eigenvalue weighted by atomic mass is 10.0. The van der Waals surface area contributed by atoms with E-state index in [1.807, 2.05) is 0 Å². The molecule has 0 spiro atoms. The van der Waals surface area contributed by atoms with Crippen molar-refractivity contribution in [1.82, 2.24) is 10.2 Å². The third-order valence-corrected chi connectivity index (χ3v) is 4.59. The molecule has 1 aliphatic rings. The molecular weight excluding hydrogens is 256 g/mol. The summed E-state index contributed by atoms with van der Waals surface area (Å²) in [4.78, 5) is 2.72. The highest BCUT2D eigenvalue weighted by atomic mass is 15.2. The Morgan fingerprint density at radius 1 is 1.10 bits per heavy atom. The van der Waals surface area contributed by atoms with Crippen LogP contribution in [0.2, 0.25) is 0 Å². The molecule has 1 unspecified atom stereocenters. The molecule has 0 heterocycles. The van der Waals surface area contributed by atoms with Crippen LogP contribution in [0.1, 0.15) is 56.7 Å². The maximum Gasteiger partial charge on any atom is 0.0329 e. The van der Waals surface area contributed by atoms with E-state index >= 15 is 0 Å². The van der Waals surface area contributed by atoms with E-state index in [9.17, 15) is 0 Å². The molecule has 1 N–H and O–H groups in total. The van der Waals surface area contributed by atoms with Crippen molar-refractivity contribution in [2.24, 2.45) is 5.92 Å². The third kappa shape index (κ3) is 5.44. The number of hydrogen-bond acceptors (Lipinski definition) is 2. The van der Waals surface area contributed by atoms with Gasteiger partial charge in [-0.05, 0) is 57.7 Å². The second-order valence-electron chi connectivity index (χ2n) is 6.99. The van der Waals surface area contributed by atoms with Gasteiger partial charge in [0, 0.05) is 18.6 Å². The van der Waals surface area contributed by atoms with Crippen LogP contribution in [0.15, 0.2) is 24.3 Å². The molecule has 2 rings (SSSR count). The number of nitrogens with one attached hydrogen (secondary N) is 1. The molecule has 2 nitrogen and oxygen atoms in total. The van der Waals surface area contributed by atoms with Gasteiger partial charge in [0.25, 0.3) is 0 Å². The molecule has 1 aliphatic carbocycles. The van der Waals surface area contributed by atoms with Crippen LogP contribution in [0, 0.1) is 12.8 Å². The second kappa shape index (κ2) is 7.95. The Morgan fingerprint density at radius 3 is 2.24 bits per heavy atom. The minimum absolute atomic E-state index is 0.478. The predicted octanol–water partition coefficient (Wildman–Crippen LogP) is 4.16. The van der Waals surface area contributed by atoms with Crippen molar-refractivity contribution in [2.45, 2.75) is 58.5 Å². The Bertz CT molecular complexity index is 406. The van der Waals surface area contributed by atoms with Crippen LogP contribution in [-0.4, -0.2) is 31.1 Å². The Labute approximate surface area is 130 Å². The summed E-state index contributed by atoms with van der Waals surface area (Å²) in [6.45, 7) is 9.30. The smallest absolute Gasteiger partial charge is 0.0329 e. The first-order valence-electron chi connectivity index (χ1n) is 8.58. The zero-order valence-corrected chi connectivity index (χ0v) is 14.2. The maximum atomic E-state index is 3.49. The van der Waals surface area contributed by atoms with Gasteiger partial charge in [-0.25, -0.2) is 0 Å². The summed E-state index contributed by atoms with van der Waals surface area (Å²) in [7, 11) is 2.08. The Balaban J connectivity index is 1.86. The molecule has 1 saturated carbocycles. The van der Waals surface area contributed by atoms with Gasteiger partial charge in [0.2, 0.25) is 0 Å². The minimum atomic E-state index is 0.478. The molecule has 2 heteroatoms. The second-order valence-corrected chi connectivity index (χ2v) is 6.99. The highest BCUT2D eigenvalue weighted by molar-refractivity contribution is 5.24. The van der Waals surface area contributed by atoms with E-state index in [4.69, 9.17) is 0 Å². The van der Waals surface area contributed by atoms with Crippen molar-refractivity contribution in [3.63, 3.8) is 0 Å². The zero-order chi connectivity index (χ0) is 15.2. The van der Waals surface area contributed by atoms with Crippen LogP contribution >= 0.6 is 0 Å². The van der Waals surface area contributed by atoms with Crippen molar-refractivity contribution < 1.29 is 0 Å². The Kier molecular flexibility index (Phi) is 6.25. The van der Waals surface area contributed by atoms with Gasteiger partial charge in [0.1, 0.15) is 0 Å². The molecule has 1 aromatic rings. The average Bonchev–Trinajstić information content (AvgIpc) is 3.28. The Morgan fingerprint density at radius 2 is 1.71 bits per heavy atom. The number of benzene rings is 1. The first kappa shape index (κ1) is 16.5. The van der Waals surface area contributed by atoms with Crippen molar-refractivity contribution in [2.75, 3.05) is 20.1 Å². The van der Waals surface area contributed by atoms with E-state index in [0.717, 1.165) is 12.0 Å². The lowest BCUT2D eigenvalue weighted by Gasteiger charge is -2.26. The van der Waals surface area contributed by atoms with E-state index in [1.54, 1.807) is 0 Å². The topological polar surface area (TPSA) is 15.3 Å². The third-order valence-electron chi connectivity index (χ3n) is 4.59. The van der Waals surface area contributed by atoms with Gasteiger partial charge >= 0.3 is 0 Å². The van der Waals surface area contributed by atoms with Crippen LogP contribution < -0.4 is 5.32 Å². The van der Waals surface area contributed by atoms with Gasteiger partial charge in [-0.1, -0.05) is 43.7 Å². The van der Waals surface area contributed by atoms with E-state index in [-0.39, 0.29) is 0 Å². The first-order chi connectivity index (χ1) is 10.1. The fourth-order valence-corrected chi connectivity index (χ4v) is 2.91. The molecule has 1 fully saturated rings. The predicted molar refractivity (Wildman–Crippen MR) is 91.6 cm³/mol. The molecule has 0 radical (unpaired) electrons. The van der Waals surface area contributed by atoms with Crippen LogP contribution in [0.5, 0.6) is 0 Å². The SMILES string of the molecule is CNC(CCN(CCC(C)C)C1CC1)c1ccc(C)cc1. The van der Waals surface area contributed by atoms with Gasteiger partial charge in [0.05, 0.1) is 0 Å². The summed E-state index contributed by atoms with van der Waals surface area (Å²) in [6, 6.07) is 10.3. The zero-order valence-electron chi connectivity index (χ0n) is 14.2. The van der Waals surface area contributed by atoms with Crippen LogP contribution in [0.4, 0.5) is 0 Å². The molecule has 118 valence electrons. The molecule has 21 heavy (non-hydrogen) atoms. The van der Waals surface area contributed by atoms with Gasteiger partial charge in [-0.15, -0.1) is 0 Å². The average molecular weight is 288 g/mol. The van der Waals surface area contributed by atoms with E-state index in [2.05, 4.69) is 62.3 Å². The quantitative estimate of drug-likeness (QED) is 0.734. The minimum Gasteiger partial charge on any atom is -0.313 e. The highest BCUT2D eigenvalue weighted by Gasteiger charge is 2.28. The van der Waals surface area contributed by atoms with Crippen molar-refractivity contribution in [1.29, 1.82) is 0 Å². The van der Waals surface area contributed by atoms with Crippen molar-refractivity contribution in [3.05, 3.63) is 35.4 Å². The first-order valence-corrected chi connectivity index (χ1v) is 8.58. The summed E-state index contributed by atoms with van der Waals surface area (Å²) >= 11 is 0. The van der Waals surface area contributed by atoms with Crippen molar-refractivity contribution in [3.8, 4) is 0 Å². The molecular formula is C19H32N2. The summed E-state index contributed by atoms with van der Waals surface area (Å²) < 4.78 is 0. The molecule has 0 aromatic heterocycles. The molecule has 0 bridgehead atoms. The number of nitrogens with zero attached hydrogens (tertiary/aromatic N) is 1. The van der Waals surface area contributed by atoms with Gasteiger partial charge in [0.15, 0.2) is 0 Å². The van der Waals surface area contributed by atoms with Gasteiger partial charge < -0.3 is 10.2 Å². The largest absolute Gasteiger partial charge is 0.313 e. The lowest BCUT2D eigenvalue weighted by Crippen LogP contribution is -2.31. The van der Waals surface area contributed by atoms with Crippen LogP contribution in [0.3, 0.4) is 0 Å². The van der Waals surface area contributed by atoms with E-state index in [0.29, 0.717) is 6.04 Å². The summed E-state index contributed by atoms with van der Waals surface area (Å²) in [5.74, 6) is 0.809. The molecule has 0 saturated heterocycles.